The minimum absolute atomic E-state index is 0. The third-order valence-electron chi connectivity index (χ3n) is 9.06. The predicted molar refractivity (Wildman–Crippen MR) is 199 cm³/mol. The first-order valence-corrected chi connectivity index (χ1v) is 17.5. The number of pyridine rings is 1. The number of hydrogen-bond acceptors (Lipinski definition) is 4. The second kappa shape index (κ2) is 16.1. The van der Waals surface area contributed by atoms with Crippen molar-refractivity contribution in [2.24, 2.45) is 22.7 Å². The van der Waals surface area contributed by atoms with Crippen LogP contribution in [0.4, 0.5) is 0 Å². The maximum atomic E-state index is 11.7. The Morgan fingerprint density at radius 1 is 0.938 bits per heavy atom. The molecule has 3 aromatic carbocycles. The smallest absolute Gasteiger partial charge is 0.162 e. The van der Waals surface area contributed by atoms with Crippen molar-refractivity contribution in [2.45, 2.75) is 115 Å². The van der Waals surface area contributed by atoms with E-state index in [2.05, 4.69) is 84.9 Å². The van der Waals surface area contributed by atoms with E-state index >= 15 is 0 Å². The quantitative estimate of drug-likeness (QED) is 0.0913. The van der Waals surface area contributed by atoms with E-state index in [9.17, 15) is 9.90 Å². The first-order valence-electron chi connectivity index (χ1n) is 18.0. The molecule has 48 heavy (non-hydrogen) atoms. The van der Waals surface area contributed by atoms with Crippen LogP contribution >= 0.6 is 0 Å². The number of aryl methyl sites for hydroxylation is 1. The number of carbonyl (C=O) groups is 1. The summed E-state index contributed by atoms with van der Waals surface area (Å²) in [6, 6.07) is 16.4. The number of allylic oxidation sites excluding steroid dienone is 2. The van der Waals surface area contributed by atoms with E-state index in [4.69, 9.17) is 11.1 Å². The van der Waals surface area contributed by atoms with E-state index in [0.717, 1.165) is 77.4 Å². The second-order valence-corrected chi connectivity index (χ2v) is 15.7. The maximum Gasteiger partial charge on any atom is 0.162 e. The number of benzene rings is 3. The fourth-order valence-corrected chi connectivity index (χ4v) is 6.63. The Bertz CT molecular complexity index is 1820. The van der Waals surface area contributed by atoms with E-state index in [1.54, 1.807) is 0 Å². The minimum atomic E-state index is 0. The normalized spacial score (nSPS) is 13.1. The van der Waals surface area contributed by atoms with Gasteiger partial charge in [0.1, 0.15) is 5.75 Å². The predicted octanol–water partition coefficient (Wildman–Crippen LogP) is 12.3. The summed E-state index contributed by atoms with van der Waals surface area (Å²) in [5, 5.41) is 14.0. The summed E-state index contributed by atoms with van der Waals surface area (Å²) < 4.78 is 15.2. The topological polar surface area (TPSA) is 59.4 Å². The zero-order valence-corrected chi connectivity index (χ0v) is 33.4. The van der Waals surface area contributed by atoms with Crippen LogP contribution in [-0.2, 0) is 37.7 Å². The van der Waals surface area contributed by atoms with Crippen LogP contribution in [0.2, 0.25) is 0 Å². The molecule has 0 bridgehead atoms. The number of aliphatic hydroxyl groups is 1. The van der Waals surface area contributed by atoms with Gasteiger partial charge in [0.15, 0.2) is 5.78 Å². The van der Waals surface area contributed by atoms with Gasteiger partial charge in [0.25, 0.3) is 0 Å². The van der Waals surface area contributed by atoms with Gasteiger partial charge in [-0.3, -0.25) is 9.78 Å². The van der Waals surface area contributed by atoms with Crippen LogP contribution < -0.4 is 4.74 Å². The fraction of sp³-hybridized carbons (Fsp3) is 0.488. The number of aromatic nitrogens is 1. The number of fused-ring (bicyclic) bond motifs is 3. The molecule has 1 aliphatic heterocycles. The van der Waals surface area contributed by atoms with Crippen molar-refractivity contribution < 1.29 is 36.1 Å². The number of ketones is 1. The van der Waals surface area contributed by atoms with Gasteiger partial charge in [0, 0.05) is 55.3 Å². The first kappa shape index (κ1) is 37.8. The molecule has 0 aliphatic carbocycles. The number of ether oxygens (including phenoxy) is 1. The first-order chi connectivity index (χ1) is 22.5. The average Bonchev–Trinajstić information content (AvgIpc) is 2.97. The molecule has 4 nitrogen and oxygen atoms in total. The summed E-state index contributed by atoms with van der Waals surface area (Å²) in [7, 11) is 0. The van der Waals surface area contributed by atoms with Gasteiger partial charge in [-0.2, -0.15) is 0 Å². The van der Waals surface area contributed by atoms with Crippen molar-refractivity contribution in [1.29, 1.82) is 0 Å². The molecular weight excluding hydrogens is 771 g/mol. The summed E-state index contributed by atoms with van der Waals surface area (Å²) in [6.45, 7) is 23.7. The molecule has 5 heteroatoms. The third kappa shape index (κ3) is 9.36. The van der Waals surface area contributed by atoms with Gasteiger partial charge in [-0.1, -0.05) is 110 Å². The Hall–Kier alpha value is -3.01. The van der Waals surface area contributed by atoms with Gasteiger partial charge in [-0.25, -0.2) is 0 Å². The molecular formula is C43H56IrNO3-. The summed E-state index contributed by atoms with van der Waals surface area (Å²) in [5.41, 5.74) is 5.57. The molecule has 0 amide bonds. The summed E-state index contributed by atoms with van der Waals surface area (Å²) in [6.07, 6.45) is 7.00. The van der Waals surface area contributed by atoms with Crippen LogP contribution in [0.1, 0.15) is 113 Å². The molecule has 0 saturated carbocycles. The third-order valence-corrected chi connectivity index (χ3v) is 9.06. The second-order valence-electron chi connectivity index (χ2n) is 15.7. The van der Waals surface area contributed by atoms with Crippen molar-refractivity contribution in [2.75, 3.05) is 0 Å². The van der Waals surface area contributed by atoms with Crippen LogP contribution in [0.25, 0.3) is 32.8 Å². The number of carbonyl (C=O) groups excluding carboxylic acids is 1. The molecule has 1 aliphatic rings. The van der Waals surface area contributed by atoms with Gasteiger partial charge in [-0.05, 0) is 79.4 Å². The van der Waals surface area contributed by atoms with E-state index in [1.165, 1.54) is 28.2 Å². The van der Waals surface area contributed by atoms with Gasteiger partial charge in [-0.15, -0.1) is 17.5 Å². The van der Waals surface area contributed by atoms with Crippen molar-refractivity contribution in [3.8, 4) is 22.8 Å². The van der Waals surface area contributed by atoms with Crippen LogP contribution in [-0.4, -0.2) is 15.9 Å². The van der Waals surface area contributed by atoms with Crippen molar-refractivity contribution >= 4 is 27.3 Å². The van der Waals surface area contributed by atoms with Crippen molar-refractivity contribution in [3.05, 3.63) is 77.2 Å². The molecule has 1 aromatic heterocycles. The van der Waals surface area contributed by atoms with E-state index in [1.807, 2.05) is 33.8 Å². The molecule has 1 N–H and O–H groups in total. The summed E-state index contributed by atoms with van der Waals surface area (Å²) >= 11 is 0. The minimum Gasteiger partial charge on any atom is -0.512 e. The molecule has 2 heterocycles. The Morgan fingerprint density at radius 3 is 2.15 bits per heavy atom. The monoisotopic (exact) mass is 828 g/mol. The van der Waals surface area contributed by atoms with Gasteiger partial charge >= 0.3 is 0 Å². The zero-order valence-electron chi connectivity index (χ0n) is 32.0. The van der Waals surface area contributed by atoms with Gasteiger partial charge in [0.2, 0.25) is 0 Å². The molecule has 5 rings (SSSR count). The van der Waals surface area contributed by atoms with E-state index < -0.39 is 0 Å². The van der Waals surface area contributed by atoms with Crippen LogP contribution in [0.15, 0.2) is 54.4 Å². The van der Waals surface area contributed by atoms with Crippen molar-refractivity contribution in [1.82, 2.24) is 4.98 Å². The number of rotatable bonds is 9. The summed E-state index contributed by atoms with van der Waals surface area (Å²) in [4.78, 5) is 16.4. The fourth-order valence-electron chi connectivity index (χ4n) is 6.63. The average molecular weight is 828 g/mol. The Morgan fingerprint density at radius 2 is 1.56 bits per heavy atom. The van der Waals surface area contributed by atoms with E-state index in [0.29, 0.717) is 0 Å². The number of hydrogen-bond donors (Lipinski definition) is 1. The maximum absolute atomic E-state index is 11.7. The Balaban J connectivity index is 0.000000347. The van der Waals surface area contributed by atoms with Crippen molar-refractivity contribution in [3.63, 3.8) is 0 Å². The SMILES string of the molecule is CCC(CC)C(=O)/C=C(\O)C(CC)CC.[2H]c1cc2cc(CC(C)(C)C)cc3c2c(n1)-c1[c-]c2cc(C)ccc2c(CC(C)(C)C)c1O3.[Ir]. The van der Waals surface area contributed by atoms with E-state index in [-0.39, 0.29) is 60.5 Å². The molecule has 0 saturated heterocycles. The molecule has 4 aromatic rings. The van der Waals surface area contributed by atoms with Crippen LogP contribution in [0.5, 0.6) is 11.5 Å². The molecule has 0 atom stereocenters. The standard InChI is InChI=1S/C30H32NO.C13H24O2.Ir/c1-18-8-9-22-21(12-18)15-23-27-26-20(10-11-31-27)13-19(16-29(2,3)4)14-25(26)32-28(23)24(22)17-30(5,6)7;1-5-10(6-2)12(14)9-13(15)11(7-3)8-4;/h8-14H,16-17H2,1-7H3;9-11,14H,5-8H2,1-4H3;/q-1;;/b;12-9-;/i11D;;. The molecule has 1 radical (unpaired) electrons. The van der Waals surface area contributed by atoms with Gasteiger partial charge in [0.05, 0.1) is 12.9 Å². The Labute approximate surface area is 304 Å². The van der Waals surface area contributed by atoms with Gasteiger partial charge < -0.3 is 9.84 Å². The zero-order chi connectivity index (χ0) is 35.6. The molecule has 0 spiro atoms. The largest absolute Gasteiger partial charge is 0.512 e. The molecule has 0 fully saturated rings. The molecule has 261 valence electrons. The number of nitrogens with zero attached hydrogens (tertiary/aromatic N) is 1. The Kier molecular flexibility index (Phi) is 12.7. The van der Waals surface area contributed by atoms with Crippen LogP contribution in [0.3, 0.4) is 0 Å². The molecule has 0 unspecified atom stereocenters. The van der Waals surface area contributed by atoms with Crippen LogP contribution in [0, 0.1) is 35.7 Å². The summed E-state index contributed by atoms with van der Waals surface area (Å²) in [5.74, 6) is 2.24. The number of aliphatic hydroxyl groups excluding tert-OH is 1.